The molecule has 1 saturated heterocycles. The molecular weight excluding hydrogens is 226 g/mol. The van der Waals surface area contributed by atoms with Crippen LogP contribution in [0.1, 0.15) is 18.1 Å². The number of halogens is 1. The van der Waals surface area contributed by atoms with Crippen molar-refractivity contribution in [2.45, 2.75) is 26.8 Å². The quantitative estimate of drug-likeness (QED) is 0.754. The van der Waals surface area contributed by atoms with Gasteiger partial charge in [0.1, 0.15) is 0 Å². The van der Waals surface area contributed by atoms with Crippen LogP contribution in [-0.4, -0.2) is 36.0 Å². The predicted octanol–water partition coefficient (Wildman–Crippen LogP) is 1.97. The monoisotopic (exact) mass is 241 g/mol. The van der Waals surface area contributed by atoms with E-state index in [1.54, 1.807) is 0 Å². The maximum Gasteiger partial charge on any atom is 0.155 e. The van der Waals surface area contributed by atoms with Crippen molar-refractivity contribution in [1.82, 2.24) is 10.2 Å². The van der Waals surface area contributed by atoms with Crippen LogP contribution in [0.25, 0.3) is 0 Å². The van der Waals surface area contributed by atoms with Gasteiger partial charge in [-0.3, -0.25) is 0 Å². The topological polar surface area (TPSA) is 38.2 Å². The van der Waals surface area contributed by atoms with Crippen molar-refractivity contribution in [3.63, 3.8) is 0 Å². The lowest BCUT2D eigenvalue weighted by atomic mass is 10.1. The zero-order chi connectivity index (χ0) is 11.7. The zero-order valence-electron chi connectivity index (χ0n) is 9.83. The van der Waals surface area contributed by atoms with Crippen molar-refractivity contribution in [3.8, 4) is 0 Å². The maximum atomic E-state index is 5.94. The van der Waals surface area contributed by atoms with Crippen LogP contribution < -0.4 is 4.90 Å². The molecule has 1 aliphatic rings. The molecule has 5 heteroatoms. The second-order valence-electron chi connectivity index (χ2n) is 4.18. The molecule has 0 radical (unpaired) electrons. The molecule has 88 valence electrons. The Labute approximate surface area is 101 Å². The van der Waals surface area contributed by atoms with E-state index in [0.29, 0.717) is 11.2 Å². The van der Waals surface area contributed by atoms with Gasteiger partial charge in [-0.15, -0.1) is 10.2 Å². The Morgan fingerprint density at radius 3 is 2.75 bits per heavy atom. The Kier molecular flexibility index (Phi) is 3.30. The average molecular weight is 242 g/mol. The number of hydrogen-bond donors (Lipinski definition) is 0. The summed E-state index contributed by atoms with van der Waals surface area (Å²) in [6.45, 7) is 8.48. The normalized spacial score (nSPS) is 21.2. The molecule has 1 unspecified atom stereocenters. The molecule has 0 aliphatic carbocycles. The summed E-state index contributed by atoms with van der Waals surface area (Å²) in [6.07, 6.45) is 0. The van der Waals surface area contributed by atoms with Gasteiger partial charge in [0.05, 0.1) is 19.3 Å². The third kappa shape index (κ3) is 1.99. The highest BCUT2D eigenvalue weighted by Gasteiger charge is 2.23. The fraction of sp³-hybridized carbons (Fsp3) is 0.636. The highest BCUT2D eigenvalue weighted by Crippen LogP contribution is 2.25. The van der Waals surface area contributed by atoms with Crippen molar-refractivity contribution in [2.24, 2.45) is 0 Å². The van der Waals surface area contributed by atoms with E-state index >= 15 is 0 Å². The first-order chi connectivity index (χ1) is 7.61. The van der Waals surface area contributed by atoms with E-state index in [4.69, 9.17) is 16.3 Å². The zero-order valence-corrected chi connectivity index (χ0v) is 10.6. The second kappa shape index (κ2) is 4.55. The molecule has 1 aromatic heterocycles. The van der Waals surface area contributed by atoms with Crippen LogP contribution >= 0.6 is 11.6 Å². The molecule has 16 heavy (non-hydrogen) atoms. The lowest BCUT2D eigenvalue weighted by Crippen LogP contribution is -2.44. The number of rotatable bonds is 1. The Bertz CT molecular complexity index is 397. The van der Waals surface area contributed by atoms with Gasteiger partial charge in [0, 0.05) is 6.54 Å². The fourth-order valence-corrected chi connectivity index (χ4v) is 2.06. The van der Waals surface area contributed by atoms with E-state index in [0.717, 1.165) is 36.7 Å². The Morgan fingerprint density at radius 1 is 1.31 bits per heavy atom. The largest absolute Gasteiger partial charge is 0.377 e. The molecule has 2 rings (SSSR count). The van der Waals surface area contributed by atoms with Gasteiger partial charge in [-0.1, -0.05) is 11.6 Å². The summed E-state index contributed by atoms with van der Waals surface area (Å²) in [6, 6.07) is 0.335. The summed E-state index contributed by atoms with van der Waals surface area (Å²) in [5.41, 5.74) is 2.11. The molecule has 0 N–H and O–H groups in total. The second-order valence-corrected chi connectivity index (χ2v) is 4.54. The molecule has 1 fully saturated rings. The van der Waals surface area contributed by atoms with Gasteiger partial charge in [0.2, 0.25) is 0 Å². The van der Waals surface area contributed by atoms with Crippen molar-refractivity contribution in [3.05, 3.63) is 16.3 Å². The molecule has 1 atom stereocenters. The van der Waals surface area contributed by atoms with Gasteiger partial charge in [0.15, 0.2) is 11.0 Å². The minimum atomic E-state index is 0.335. The number of morpholine rings is 1. The van der Waals surface area contributed by atoms with E-state index in [1.807, 2.05) is 13.8 Å². The maximum absolute atomic E-state index is 5.94. The number of nitrogens with zero attached hydrogens (tertiary/aromatic N) is 3. The number of anilines is 1. The molecule has 1 aliphatic heterocycles. The minimum absolute atomic E-state index is 0.335. The van der Waals surface area contributed by atoms with Crippen LogP contribution in [0.15, 0.2) is 0 Å². The van der Waals surface area contributed by atoms with E-state index in [1.165, 1.54) is 0 Å². The average Bonchev–Trinajstić information content (AvgIpc) is 2.28. The van der Waals surface area contributed by atoms with Crippen LogP contribution in [0.4, 0.5) is 5.82 Å². The highest BCUT2D eigenvalue weighted by atomic mass is 35.5. The van der Waals surface area contributed by atoms with Crippen LogP contribution in [-0.2, 0) is 4.74 Å². The lowest BCUT2D eigenvalue weighted by molar-refractivity contribution is 0.0983. The molecule has 0 bridgehead atoms. The van der Waals surface area contributed by atoms with E-state index < -0.39 is 0 Å². The van der Waals surface area contributed by atoms with Gasteiger partial charge in [0.25, 0.3) is 0 Å². The molecule has 1 aromatic rings. The Balaban J connectivity index is 2.36. The third-order valence-electron chi connectivity index (χ3n) is 3.08. The lowest BCUT2D eigenvalue weighted by Gasteiger charge is -2.35. The SMILES string of the molecule is Cc1c(Cl)nnc(N2CCOCC2C)c1C. The third-order valence-corrected chi connectivity index (χ3v) is 3.44. The summed E-state index contributed by atoms with van der Waals surface area (Å²) >= 11 is 5.94. The summed E-state index contributed by atoms with van der Waals surface area (Å²) in [7, 11) is 0. The first-order valence-electron chi connectivity index (χ1n) is 5.45. The summed E-state index contributed by atoms with van der Waals surface area (Å²) in [5, 5.41) is 8.67. The number of ether oxygens (including phenoxy) is 1. The van der Waals surface area contributed by atoms with Crippen molar-refractivity contribution in [1.29, 1.82) is 0 Å². The number of aromatic nitrogens is 2. The predicted molar refractivity (Wildman–Crippen MR) is 64.1 cm³/mol. The smallest absolute Gasteiger partial charge is 0.155 e. The van der Waals surface area contributed by atoms with Crippen LogP contribution in [0.3, 0.4) is 0 Å². The molecule has 0 saturated carbocycles. The number of hydrogen-bond acceptors (Lipinski definition) is 4. The Morgan fingerprint density at radius 2 is 2.06 bits per heavy atom. The van der Waals surface area contributed by atoms with E-state index in [2.05, 4.69) is 22.0 Å². The van der Waals surface area contributed by atoms with Gasteiger partial charge in [-0.25, -0.2) is 0 Å². The fourth-order valence-electron chi connectivity index (χ4n) is 1.88. The summed E-state index contributed by atoms with van der Waals surface area (Å²) in [4.78, 5) is 2.23. The summed E-state index contributed by atoms with van der Waals surface area (Å²) < 4.78 is 5.41. The molecule has 0 spiro atoms. The summed E-state index contributed by atoms with van der Waals surface area (Å²) in [5.74, 6) is 0.928. The van der Waals surface area contributed by atoms with Crippen molar-refractivity contribution in [2.75, 3.05) is 24.7 Å². The van der Waals surface area contributed by atoms with Crippen LogP contribution in [0.2, 0.25) is 5.15 Å². The minimum Gasteiger partial charge on any atom is -0.377 e. The first kappa shape index (κ1) is 11.6. The van der Waals surface area contributed by atoms with Gasteiger partial charge >= 0.3 is 0 Å². The van der Waals surface area contributed by atoms with Gasteiger partial charge < -0.3 is 9.64 Å². The standard InChI is InChI=1S/C11H16ClN3O/c1-7-6-16-5-4-15(7)11-9(3)8(2)10(12)13-14-11/h7H,4-6H2,1-3H3. The van der Waals surface area contributed by atoms with Crippen molar-refractivity contribution < 1.29 is 4.74 Å². The van der Waals surface area contributed by atoms with Gasteiger partial charge in [-0.2, -0.15) is 0 Å². The molecular formula is C11H16ClN3O. The van der Waals surface area contributed by atoms with Crippen LogP contribution in [0.5, 0.6) is 0 Å². The van der Waals surface area contributed by atoms with Crippen molar-refractivity contribution >= 4 is 17.4 Å². The molecule has 2 heterocycles. The first-order valence-corrected chi connectivity index (χ1v) is 5.83. The van der Waals surface area contributed by atoms with Gasteiger partial charge in [-0.05, 0) is 31.9 Å². The van der Waals surface area contributed by atoms with E-state index in [9.17, 15) is 0 Å². The molecule has 0 aromatic carbocycles. The molecule has 0 amide bonds. The molecule has 4 nitrogen and oxygen atoms in total. The van der Waals surface area contributed by atoms with E-state index in [-0.39, 0.29) is 0 Å². The Hall–Kier alpha value is -0.870. The van der Waals surface area contributed by atoms with Crippen LogP contribution in [0, 0.1) is 13.8 Å². The highest BCUT2D eigenvalue weighted by molar-refractivity contribution is 6.30.